The number of hydrogen-bond donors (Lipinski definition) is 1. The van der Waals surface area contributed by atoms with Crippen molar-refractivity contribution in [2.45, 2.75) is 19.4 Å². The number of nitrogens with zero attached hydrogens (tertiary/aromatic N) is 2. The van der Waals surface area contributed by atoms with Gasteiger partial charge in [-0.05, 0) is 6.92 Å². The Labute approximate surface area is 77.2 Å². The predicted molar refractivity (Wildman–Crippen MR) is 46.2 cm³/mol. The van der Waals surface area contributed by atoms with Gasteiger partial charge in [0.05, 0.1) is 0 Å². The average Bonchev–Trinajstić information content (AvgIpc) is 2.35. The van der Waals surface area contributed by atoms with Crippen LogP contribution in [-0.4, -0.2) is 47.4 Å². The third-order valence-corrected chi connectivity index (χ3v) is 1.80. The Morgan fingerprint density at radius 3 is 2.31 bits per heavy atom. The van der Waals surface area contributed by atoms with Gasteiger partial charge in [-0.15, -0.1) is 0 Å². The fraction of sp³-hybridized carbons (Fsp3) is 0.625. The molecule has 5 nitrogen and oxygen atoms in total. The summed E-state index contributed by atoms with van der Waals surface area (Å²) in [7, 11) is 3.58. The number of carbonyl (C=O) groups excluding carboxylic acids is 1. The molecule has 0 aromatic carbocycles. The summed E-state index contributed by atoms with van der Waals surface area (Å²) < 4.78 is 5.00. The molecule has 0 amide bonds. The molecular formula is C8H14N2O3. The second kappa shape index (κ2) is 3.66. The van der Waals surface area contributed by atoms with Crippen LogP contribution in [0.15, 0.2) is 12.4 Å². The van der Waals surface area contributed by atoms with Gasteiger partial charge in [-0.1, -0.05) is 0 Å². The van der Waals surface area contributed by atoms with E-state index in [2.05, 4.69) is 0 Å². The number of carbonyl (C=O) groups is 1. The predicted octanol–water partition coefficient (Wildman–Crippen LogP) is -0.458. The van der Waals surface area contributed by atoms with Gasteiger partial charge in [-0.25, -0.2) is 4.79 Å². The highest BCUT2D eigenvalue weighted by molar-refractivity contribution is 5.73. The molecular weight excluding hydrogens is 172 g/mol. The van der Waals surface area contributed by atoms with E-state index >= 15 is 0 Å². The highest BCUT2D eigenvalue weighted by Gasteiger charge is 2.25. The minimum absolute atomic E-state index is 0.443. The molecule has 0 aliphatic carbocycles. The largest absolute Gasteiger partial charge is 0.420 e. The quantitative estimate of drug-likeness (QED) is 0.591. The molecule has 1 atom stereocenters. The van der Waals surface area contributed by atoms with Crippen LogP contribution in [0.25, 0.3) is 0 Å². The van der Waals surface area contributed by atoms with E-state index in [1.54, 1.807) is 36.3 Å². The SMILES string of the molecule is CC(O)C(=O)OC1N(C)C=CN1C. The average molecular weight is 186 g/mol. The van der Waals surface area contributed by atoms with E-state index in [4.69, 9.17) is 9.84 Å². The van der Waals surface area contributed by atoms with Crippen LogP contribution < -0.4 is 0 Å². The molecule has 0 spiro atoms. The van der Waals surface area contributed by atoms with Crippen LogP contribution in [-0.2, 0) is 9.53 Å². The molecule has 1 unspecified atom stereocenters. The lowest BCUT2D eigenvalue weighted by atomic mass is 10.4. The maximum Gasteiger partial charge on any atom is 0.337 e. The second-order valence-corrected chi connectivity index (χ2v) is 3.07. The summed E-state index contributed by atoms with van der Waals surface area (Å²) in [6.07, 6.45) is 2.06. The molecule has 0 aromatic heterocycles. The van der Waals surface area contributed by atoms with Crippen LogP contribution in [0.3, 0.4) is 0 Å². The van der Waals surface area contributed by atoms with Gasteiger partial charge in [0.25, 0.3) is 6.35 Å². The molecule has 0 bridgehead atoms. The summed E-state index contributed by atoms with van der Waals surface area (Å²) in [5.74, 6) is -0.618. The topological polar surface area (TPSA) is 53.0 Å². The molecule has 5 heteroatoms. The minimum atomic E-state index is -1.08. The number of aliphatic hydroxyl groups excluding tert-OH is 1. The maximum absolute atomic E-state index is 11.0. The second-order valence-electron chi connectivity index (χ2n) is 3.07. The van der Waals surface area contributed by atoms with Gasteiger partial charge in [0, 0.05) is 26.5 Å². The van der Waals surface area contributed by atoms with Crippen molar-refractivity contribution < 1.29 is 14.6 Å². The standard InChI is InChI=1S/C8H14N2O3/c1-6(11)7(12)13-8-9(2)4-5-10(8)3/h4-6,8,11H,1-3H3. The Bertz CT molecular complexity index is 215. The van der Waals surface area contributed by atoms with Crippen molar-refractivity contribution in [3.63, 3.8) is 0 Å². The number of aliphatic hydroxyl groups is 1. The summed E-state index contributed by atoms with van der Waals surface area (Å²) in [5, 5.41) is 8.92. The summed E-state index contributed by atoms with van der Waals surface area (Å²) >= 11 is 0. The Morgan fingerprint density at radius 1 is 1.46 bits per heavy atom. The van der Waals surface area contributed by atoms with Crippen LogP contribution in [0, 0.1) is 0 Å². The molecule has 74 valence electrons. The first-order valence-corrected chi connectivity index (χ1v) is 4.03. The fourth-order valence-electron chi connectivity index (χ4n) is 1.01. The summed E-state index contributed by atoms with van der Waals surface area (Å²) in [5.41, 5.74) is 0. The zero-order valence-electron chi connectivity index (χ0n) is 7.97. The monoisotopic (exact) mass is 186 g/mol. The van der Waals surface area contributed by atoms with E-state index in [1.807, 2.05) is 0 Å². The van der Waals surface area contributed by atoms with Gasteiger partial charge >= 0.3 is 5.97 Å². The molecule has 13 heavy (non-hydrogen) atoms. The third-order valence-electron chi connectivity index (χ3n) is 1.80. The van der Waals surface area contributed by atoms with E-state index in [0.29, 0.717) is 0 Å². The lowest BCUT2D eigenvalue weighted by Gasteiger charge is -2.26. The van der Waals surface area contributed by atoms with Crippen molar-refractivity contribution in [2.75, 3.05) is 14.1 Å². The van der Waals surface area contributed by atoms with E-state index in [-0.39, 0.29) is 0 Å². The Kier molecular flexibility index (Phi) is 2.77. The van der Waals surface area contributed by atoms with Crippen LogP contribution >= 0.6 is 0 Å². The minimum Gasteiger partial charge on any atom is -0.420 e. The first kappa shape index (κ1) is 9.85. The molecule has 1 aliphatic heterocycles. The number of ether oxygens (including phenoxy) is 1. The van der Waals surface area contributed by atoms with Crippen molar-refractivity contribution >= 4 is 5.97 Å². The highest BCUT2D eigenvalue weighted by Crippen LogP contribution is 2.12. The van der Waals surface area contributed by atoms with Gasteiger partial charge in [-0.2, -0.15) is 0 Å². The maximum atomic E-state index is 11.0. The Morgan fingerprint density at radius 2 is 1.92 bits per heavy atom. The first-order valence-electron chi connectivity index (χ1n) is 4.03. The normalized spacial score (nSPS) is 19.4. The van der Waals surface area contributed by atoms with E-state index in [9.17, 15) is 4.79 Å². The van der Waals surface area contributed by atoms with Crippen molar-refractivity contribution in [3.8, 4) is 0 Å². The number of rotatable bonds is 2. The summed E-state index contributed by atoms with van der Waals surface area (Å²) in [6.45, 7) is 1.38. The summed E-state index contributed by atoms with van der Waals surface area (Å²) in [6, 6.07) is 0. The van der Waals surface area contributed by atoms with E-state index < -0.39 is 18.4 Å². The van der Waals surface area contributed by atoms with E-state index in [1.165, 1.54) is 6.92 Å². The molecule has 0 saturated carbocycles. The smallest absolute Gasteiger partial charge is 0.337 e. The lowest BCUT2D eigenvalue weighted by Crippen LogP contribution is -2.40. The van der Waals surface area contributed by atoms with Gasteiger partial charge < -0.3 is 19.6 Å². The van der Waals surface area contributed by atoms with Crippen LogP contribution in [0.4, 0.5) is 0 Å². The van der Waals surface area contributed by atoms with Crippen molar-refractivity contribution in [1.29, 1.82) is 0 Å². The molecule has 0 aromatic rings. The van der Waals surface area contributed by atoms with Crippen LogP contribution in [0.2, 0.25) is 0 Å². The van der Waals surface area contributed by atoms with Crippen molar-refractivity contribution in [2.24, 2.45) is 0 Å². The van der Waals surface area contributed by atoms with Crippen molar-refractivity contribution in [3.05, 3.63) is 12.4 Å². The Hall–Kier alpha value is -1.23. The van der Waals surface area contributed by atoms with Crippen molar-refractivity contribution in [1.82, 2.24) is 9.80 Å². The molecule has 1 rings (SSSR count). The van der Waals surface area contributed by atoms with Gasteiger partial charge in [-0.3, -0.25) is 0 Å². The molecule has 1 heterocycles. The zero-order chi connectivity index (χ0) is 10.0. The van der Waals surface area contributed by atoms with Crippen LogP contribution in [0.1, 0.15) is 6.92 Å². The molecule has 1 N–H and O–H groups in total. The number of hydrogen-bond acceptors (Lipinski definition) is 5. The zero-order valence-corrected chi connectivity index (χ0v) is 7.97. The first-order chi connectivity index (χ1) is 6.02. The molecule has 0 radical (unpaired) electrons. The lowest BCUT2D eigenvalue weighted by molar-refractivity contribution is -0.174. The molecule has 0 fully saturated rings. The number of esters is 1. The van der Waals surface area contributed by atoms with E-state index in [0.717, 1.165) is 0 Å². The molecule has 1 aliphatic rings. The highest BCUT2D eigenvalue weighted by atomic mass is 16.6. The van der Waals surface area contributed by atoms with Crippen LogP contribution in [0.5, 0.6) is 0 Å². The Balaban J connectivity index is 2.50. The fourth-order valence-corrected chi connectivity index (χ4v) is 1.01. The summed E-state index contributed by atoms with van der Waals surface area (Å²) in [4.78, 5) is 14.5. The van der Waals surface area contributed by atoms with Gasteiger partial charge in [0.1, 0.15) is 6.10 Å². The van der Waals surface area contributed by atoms with Gasteiger partial charge in [0.15, 0.2) is 0 Å². The van der Waals surface area contributed by atoms with Gasteiger partial charge in [0.2, 0.25) is 0 Å². The third kappa shape index (κ3) is 2.12. The molecule has 0 saturated heterocycles.